The van der Waals surface area contributed by atoms with Crippen LogP contribution in [0, 0.1) is 5.82 Å². The summed E-state index contributed by atoms with van der Waals surface area (Å²) in [5.74, 6) is 0.152. The lowest BCUT2D eigenvalue weighted by Gasteiger charge is -2.13. The monoisotopic (exact) mass is 315 g/mol. The highest BCUT2D eigenvalue weighted by molar-refractivity contribution is 5.86. The molecule has 0 radical (unpaired) electrons. The van der Waals surface area contributed by atoms with Gasteiger partial charge in [0.2, 0.25) is 0 Å². The van der Waals surface area contributed by atoms with E-state index in [0.29, 0.717) is 5.56 Å². The van der Waals surface area contributed by atoms with Crippen LogP contribution in [0.2, 0.25) is 0 Å². The number of hydrazone groups is 1. The van der Waals surface area contributed by atoms with Crippen molar-refractivity contribution in [2.75, 3.05) is 12.4 Å². The topological polar surface area (TPSA) is 62.7 Å². The molecule has 5 nitrogen and oxygen atoms in total. The number of nitrogens with one attached hydrogen (secondary N) is 2. The first-order valence-corrected chi connectivity index (χ1v) is 7.07. The molecule has 0 spiro atoms. The Bertz CT molecular complexity index is 669. The lowest BCUT2D eigenvalue weighted by Crippen LogP contribution is -2.34. The number of carbonyl (C=O) groups excluding carboxylic acids is 1. The Morgan fingerprint density at radius 2 is 1.83 bits per heavy atom. The molecule has 23 heavy (non-hydrogen) atoms. The second kappa shape index (κ2) is 7.93. The van der Waals surface area contributed by atoms with Gasteiger partial charge in [-0.05, 0) is 48.9 Å². The molecule has 0 bridgehead atoms. The van der Waals surface area contributed by atoms with Crippen molar-refractivity contribution in [3.63, 3.8) is 0 Å². The van der Waals surface area contributed by atoms with Crippen LogP contribution in [0.15, 0.2) is 53.6 Å². The average Bonchev–Trinajstić information content (AvgIpc) is 2.57. The molecule has 2 rings (SSSR count). The number of hydrogen-bond acceptors (Lipinski definition) is 4. The quantitative estimate of drug-likeness (QED) is 0.636. The minimum atomic E-state index is -0.464. The Hall–Kier alpha value is -2.89. The van der Waals surface area contributed by atoms with E-state index in [4.69, 9.17) is 4.74 Å². The van der Waals surface area contributed by atoms with Gasteiger partial charge in [0.1, 0.15) is 17.6 Å². The standard InChI is InChI=1S/C17H18FN3O2/c1-12(20-15-7-9-16(23-2)10-8-15)17(22)21-19-11-13-3-5-14(18)6-4-13/h3-12,20H,1-2H3,(H,21,22)/b19-11-/t12-/m0/s1. The molecule has 2 aromatic rings. The zero-order valence-corrected chi connectivity index (χ0v) is 12.9. The van der Waals surface area contributed by atoms with Crippen molar-refractivity contribution < 1.29 is 13.9 Å². The molecule has 1 amide bonds. The highest BCUT2D eigenvalue weighted by atomic mass is 19.1. The van der Waals surface area contributed by atoms with Crippen LogP contribution in [-0.2, 0) is 4.79 Å². The molecule has 0 saturated heterocycles. The van der Waals surface area contributed by atoms with Crippen LogP contribution < -0.4 is 15.5 Å². The Balaban J connectivity index is 1.85. The minimum absolute atomic E-state index is 0.279. The number of carbonyl (C=O) groups is 1. The van der Waals surface area contributed by atoms with Crippen molar-refractivity contribution in [3.05, 3.63) is 59.9 Å². The number of rotatable bonds is 6. The van der Waals surface area contributed by atoms with Crippen molar-refractivity contribution in [1.29, 1.82) is 0 Å². The summed E-state index contributed by atoms with van der Waals surface area (Å²) in [6, 6.07) is 12.6. The first-order valence-electron chi connectivity index (χ1n) is 7.07. The maximum Gasteiger partial charge on any atom is 0.262 e. The second-order valence-corrected chi connectivity index (χ2v) is 4.88. The fourth-order valence-corrected chi connectivity index (χ4v) is 1.82. The van der Waals surface area contributed by atoms with Crippen molar-refractivity contribution in [1.82, 2.24) is 5.43 Å². The molecule has 1 atom stereocenters. The lowest BCUT2D eigenvalue weighted by molar-refractivity contribution is -0.121. The number of halogens is 1. The number of hydrogen-bond donors (Lipinski definition) is 2. The van der Waals surface area contributed by atoms with E-state index in [9.17, 15) is 9.18 Å². The van der Waals surface area contributed by atoms with Gasteiger partial charge in [0.25, 0.3) is 5.91 Å². The number of methoxy groups -OCH3 is 1. The zero-order chi connectivity index (χ0) is 16.7. The predicted octanol–water partition coefficient (Wildman–Crippen LogP) is 2.79. The molecule has 0 fully saturated rings. The van der Waals surface area contributed by atoms with Crippen LogP contribution in [0.5, 0.6) is 5.75 Å². The fourth-order valence-electron chi connectivity index (χ4n) is 1.82. The number of ether oxygens (including phenoxy) is 1. The van der Waals surface area contributed by atoms with Crippen molar-refractivity contribution in [3.8, 4) is 5.75 Å². The molecule has 0 unspecified atom stereocenters. The maximum atomic E-state index is 12.8. The van der Waals surface area contributed by atoms with Crippen LogP contribution in [0.3, 0.4) is 0 Å². The Morgan fingerprint density at radius 1 is 1.17 bits per heavy atom. The van der Waals surface area contributed by atoms with Crippen molar-refractivity contribution in [2.24, 2.45) is 5.10 Å². The van der Waals surface area contributed by atoms with Gasteiger partial charge in [-0.3, -0.25) is 4.79 Å². The van der Waals surface area contributed by atoms with E-state index in [1.165, 1.54) is 18.3 Å². The van der Waals surface area contributed by atoms with Gasteiger partial charge in [0.15, 0.2) is 0 Å². The Labute approximate surface area is 134 Å². The highest BCUT2D eigenvalue weighted by Gasteiger charge is 2.11. The van der Waals surface area contributed by atoms with Gasteiger partial charge in [0, 0.05) is 5.69 Å². The molecule has 6 heteroatoms. The largest absolute Gasteiger partial charge is 0.497 e. The molecule has 0 saturated carbocycles. The van der Waals surface area contributed by atoms with Crippen molar-refractivity contribution in [2.45, 2.75) is 13.0 Å². The third-order valence-corrected chi connectivity index (χ3v) is 3.12. The average molecular weight is 315 g/mol. The molecule has 0 aromatic heterocycles. The summed E-state index contributed by atoms with van der Waals surface area (Å²) in [5, 5.41) is 6.91. The molecule has 120 valence electrons. The maximum absolute atomic E-state index is 12.8. The normalized spacial score (nSPS) is 12.0. The number of nitrogens with zero attached hydrogens (tertiary/aromatic N) is 1. The summed E-state index contributed by atoms with van der Waals surface area (Å²) in [5.41, 5.74) is 3.94. The van der Waals surface area contributed by atoms with Crippen LogP contribution in [-0.4, -0.2) is 25.3 Å². The van der Waals surface area contributed by atoms with Gasteiger partial charge in [-0.2, -0.15) is 5.10 Å². The first-order chi connectivity index (χ1) is 11.1. The number of amides is 1. The van der Waals surface area contributed by atoms with Crippen LogP contribution >= 0.6 is 0 Å². The molecular formula is C17H18FN3O2. The van der Waals surface area contributed by atoms with Gasteiger partial charge >= 0.3 is 0 Å². The molecule has 2 aromatic carbocycles. The lowest BCUT2D eigenvalue weighted by atomic mass is 10.2. The fraction of sp³-hybridized carbons (Fsp3) is 0.176. The van der Waals surface area contributed by atoms with E-state index in [1.54, 1.807) is 38.3 Å². The van der Waals surface area contributed by atoms with Crippen molar-refractivity contribution >= 4 is 17.8 Å². The zero-order valence-electron chi connectivity index (χ0n) is 12.9. The third-order valence-electron chi connectivity index (χ3n) is 3.12. The van der Waals surface area contributed by atoms with Gasteiger partial charge in [-0.15, -0.1) is 0 Å². The summed E-state index contributed by atoms with van der Waals surface area (Å²) < 4.78 is 17.8. The molecule has 2 N–H and O–H groups in total. The Kier molecular flexibility index (Phi) is 5.68. The molecule has 0 aliphatic rings. The van der Waals surface area contributed by atoms with E-state index in [1.807, 2.05) is 12.1 Å². The van der Waals surface area contributed by atoms with E-state index < -0.39 is 6.04 Å². The predicted molar refractivity (Wildman–Crippen MR) is 88.2 cm³/mol. The van der Waals surface area contributed by atoms with Gasteiger partial charge < -0.3 is 10.1 Å². The molecular weight excluding hydrogens is 297 g/mol. The highest BCUT2D eigenvalue weighted by Crippen LogP contribution is 2.15. The summed E-state index contributed by atoms with van der Waals surface area (Å²) in [4.78, 5) is 11.9. The summed E-state index contributed by atoms with van der Waals surface area (Å²) in [6.07, 6.45) is 1.46. The molecule has 0 aliphatic carbocycles. The molecule has 0 heterocycles. The first kappa shape index (κ1) is 16.5. The van der Waals surface area contributed by atoms with Crippen LogP contribution in [0.1, 0.15) is 12.5 Å². The third kappa shape index (κ3) is 5.10. The summed E-state index contributed by atoms with van der Waals surface area (Å²) >= 11 is 0. The van der Waals surface area contributed by atoms with Gasteiger partial charge in [0.05, 0.1) is 13.3 Å². The van der Waals surface area contributed by atoms with E-state index in [-0.39, 0.29) is 11.7 Å². The summed E-state index contributed by atoms with van der Waals surface area (Å²) in [7, 11) is 1.59. The second-order valence-electron chi connectivity index (χ2n) is 4.88. The van der Waals surface area contributed by atoms with Crippen LogP contribution in [0.4, 0.5) is 10.1 Å². The number of anilines is 1. The van der Waals surface area contributed by atoms with Crippen LogP contribution in [0.25, 0.3) is 0 Å². The summed E-state index contributed by atoms with van der Waals surface area (Å²) in [6.45, 7) is 1.73. The molecule has 0 aliphatic heterocycles. The van der Waals surface area contributed by atoms with E-state index in [0.717, 1.165) is 11.4 Å². The van der Waals surface area contributed by atoms with Gasteiger partial charge in [-0.1, -0.05) is 12.1 Å². The number of benzene rings is 2. The van der Waals surface area contributed by atoms with E-state index >= 15 is 0 Å². The van der Waals surface area contributed by atoms with Gasteiger partial charge in [-0.25, -0.2) is 9.82 Å². The smallest absolute Gasteiger partial charge is 0.262 e. The minimum Gasteiger partial charge on any atom is -0.497 e. The van der Waals surface area contributed by atoms with E-state index in [2.05, 4.69) is 15.8 Å². The SMILES string of the molecule is COc1ccc(N[C@@H](C)C(=O)N/N=C\c2ccc(F)cc2)cc1. The Morgan fingerprint density at radius 3 is 2.43 bits per heavy atom.